The Morgan fingerprint density at radius 1 is 1.56 bits per heavy atom. The number of nitrogens with one attached hydrogen (secondary N) is 1. The minimum absolute atomic E-state index is 0.0910. The van der Waals surface area contributed by atoms with Gasteiger partial charge in [-0.3, -0.25) is 4.79 Å². The predicted molar refractivity (Wildman–Crippen MR) is 66.8 cm³/mol. The summed E-state index contributed by atoms with van der Waals surface area (Å²) in [4.78, 5) is 11.7. The molecule has 1 atom stereocenters. The van der Waals surface area contributed by atoms with E-state index in [0.29, 0.717) is 11.6 Å². The number of carbonyl (C=O) groups is 1. The minimum atomic E-state index is -0.311. The van der Waals surface area contributed by atoms with Crippen molar-refractivity contribution >= 4 is 39.1 Å². The Bertz CT molecular complexity index is 405. The van der Waals surface area contributed by atoms with E-state index >= 15 is 0 Å². The number of ether oxygens (including phenoxy) is 1. The average Bonchev–Trinajstić information content (AvgIpc) is 2.77. The van der Waals surface area contributed by atoms with Gasteiger partial charge in [-0.05, 0) is 47.0 Å². The molecule has 1 unspecified atom stereocenters. The van der Waals surface area contributed by atoms with Gasteiger partial charge in [0.15, 0.2) is 0 Å². The Hall–Kier alpha value is -0.580. The highest BCUT2D eigenvalue weighted by molar-refractivity contribution is 9.10. The van der Waals surface area contributed by atoms with Crippen LogP contribution in [0.3, 0.4) is 0 Å². The van der Waals surface area contributed by atoms with Gasteiger partial charge in [-0.1, -0.05) is 11.6 Å². The van der Waals surface area contributed by atoms with Gasteiger partial charge >= 0.3 is 0 Å². The molecule has 3 nitrogen and oxygen atoms in total. The molecule has 0 spiro atoms. The number of amides is 1. The maximum atomic E-state index is 11.7. The van der Waals surface area contributed by atoms with Crippen molar-refractivity contribution in [3.8, 4) is 0 Å². The average molecular weight is 305 g/mol. The third-order valence-electron chi connectivity index (χ3n) is 2.41. The third kappa shape index (κ3) is 2.75. The molecule has 0 saturated carbocycles. The first-order valence-corrected chi connectivity index (χ1v) is 6.21. The summed E-state index contributed by atoms with van der Waals surface area (Å²) in [5, 5.41) is 3.42. The Morgan fingerprint density at radius 2 is 2.38 bits per heavy atom. The maximum Gasteiger partial charge on any atom is 0.253 e. The molecule has 1 aliphatic rings. The normalized spacial score (nSPS) is 19.8. The van der Waals surface area contributed by atoms with Crippen molar-refractivity contribution in [2.24, 2.45) is 0 Å². The molecule has 16 heavy (non-hydrogen) atoms. The molecule has 1 aromatic rings. The number of anilines is 1. The van der Waals surface area contributed by atoms with Crippen molar-refractivity contribution < 1.29 is 9.53 Å². The van der Waals surface area contributed by atoms with E-state index in [-0.39, 0.29) is 12.0 Å². The van der Waals surface area contributed by atoms with E-state index in [2.05, 4.69) is 21.2 Å². The molecule has 86 valence electrons. The smallest absolute Gasteiger partial charge is 0.253 e. The number of rotatable bonds is 2. The predicted octanol–water partition coefficient (Wildman–Crippen LogP) is 3.22. The van der Waals surface area contributed by atoms with Crippen molar-refractivity contribution in [2.75, 3.05) is 11.9 Å². The third-order valence-corrected chi connectivity index (χ3v) is 3.62. The second kappa shape index (κ2) is 5.17. The standard InChI is InChI=1S/C11H11BrClNO2/c12-8-6-7(3-4-9(8)13)14-11(15)10-2-1-5-16-10/h3-4,6,10H,1-2,5H2,(H,14,15). The van der Waals surface area contributed by atoms with Gasteiger partial charge in [-0.25, -0.2) is 0 Å². The Labute approximate surface area is 107 Å². The van der Waals surface area contributed by atoms with Gasteiger partial charge < -0.3 is 10.1 Å². The van der Waals surface area contributed by atoms with Crippen LogP contribution in [0.2, 0.25) is 5.02 Å². The first-order valence-electron chi connectivity index (χ1n) is 5.04. The highest BCUT2D eigenvalue weighted by Crippen LogP contribution is 2.26. The molecule has 0 aromatic heterocycles. The number of carbonyl (C=O) groups excluding carboxylic acids is 1. The Balaban J connectivity index is 2.02. The van der Waals surface area contributed by atoms with Gasteiger partial charge in [0, 0.05) is 16.8 Å². The molecule has 1 fully saturated rings. The van der Waals surface area contributed by atoms with Crippen LogP contribution in [-0.4, -0.2) is 18.6 Å². The highest BCUT2D eigenvalue weighted by atomic mass is 79.9. The molecule has 5 heteroatoms. The second-order valence-corrected chi connectivity index (χ2v) is 4.88. The van der Waals surface area contributed by atoms with Gasteiger partial charge in [0.2, 0.25) is 0 Å². The summed E-state index contributed by atoms with van der Waals surface area (Å²) < 4.78 is 6.05. The number of benzene rings is 1. The molecule has 1 heterocycles. The van der Waals surface area contributed by atoms with Crippen LogP contribution in [0.1, 0.15) is 12.8 Å². The van der Waals surface area contributed by atoms with E-state index < -0.39 is 0 Å². The van der Waals surface area contributed by atoms with Crippen LogP contribution < -0.4 is 5.32 Å². The molecule has 0 bridgehead atoms. The fourth-order valence-corrected chi connectivity index (χ4v) is 2.08. The van der Waals surface area contributed by atoms with Gasteiger partial charge in [0.1, 0.15) is 6.10 Å². The fourth-order valence-electron chi connectivity index (χ4n) is 1.58. The summed E-state index contributed by atoms with van der Waals surface area (Å²) in [5.74, 6) is -0.0910. The molecule has 0 aliphatic carbocycles. The fraction of sp³-hybridized carbons (Fsp3) is 0.364. The van der Waals surface area contributed by atoms with E-state index in [0.717, 1.165) is 23.0 Å². The zero-order valence-electron chi connectivity index (χ0n) is 8.50. The monoisotopic (exact) mass is 303 g/mol. The lowest BCUT2D eigenvalue weighted by Crippen LogP contribution is -2.26. The lowest BCUT2D eigenvalue weighted by atomic mass is 10.2. The topological polar surface area (TPSA) is 38.3 Å². The maximum absolute atomic E-state index is 11.7. The first kappa shape index (κ1) is 11.9. The van der Waals surface area contributed by atoms with E-state index in [1.54, 1.807) is 18.2 Å². The van der Waals surface area contributed by atoms with Crippen molar-refractivity contribution in [3.63, 3.8) is 0 Å². The summed E-state index contributed by atoms with van der Waals surface area (Å²) in [5.41, 5.74) is 0.719. The quantitative estimate of drug-likeness (QED) is 0.911. The summed E-state index contributed by atoms with van der Waals surface area (Å²) in [6.45, 7) is 0.669. The second-order valence-electron chi connectivity index (χ2n) is 3.62. The van der Waals surface area contributed by atoms with E-state index in [1.165, 1.54) is 0 Å². The van der Waals surface area contributed by atoms with Crippen molar-refractivity contribution in [3.05, 3.63) is 27.7 Å². The zero-order chi connectivity index (χ0) is 11.5. The zero-order valence-corrected chi connectivity index (χ0v) is 10.8. The highest BCUT2D eigenvalue weighted by Gasteiger charge is 2.23. The lowest BCUT2D eigenvalue weighted by molar-refractivity contribution is -0.124. The molecule has 1 N–H and O–H groups in total. The molecular formula is C11H11BrClNO2. The van der Waals surface area contributed by atoms with Crippen LogP contribution >= 0.6 is 27.5 Å². The Kier molecular flexibility index (Phi) is 3.84. The molecule has 1 aliphatic heterocycles. The van der Waals surface area contributed by atoms with Gasteiger partial charge in [-0.2, -0.15) is 0 Å². The van der Waals surface area contributed by atoms with Crippen LogP contribution in [0.15, 0.2) is 22.7 Å². The number of hydrogen-bond donors (Lipinski definition) is 1. The number of hydrogen-bond acceptors (Lipinski definition) is 2. The SMILES string of the molecule is O=C(Nc1ccc(Cl)c(Br)c1)C1CCCO1. The van der Waals surface area contributed by atoms with Gasteiger partial charge in [0.05, 0.1) is 5.02 Å². The van der Waals surface area contributed by atoms with Gasteiger partial charge in [-0.15, -0.1) is 0 Å². The first-order chi connectivity index (χ1) is 7.66. The molecule has 2 rings (SSSR count). The van der Waals surface area contributed by atoms with Crippen LogP contribution in [0.4, 0.5) is 5.69 Å². The lowest BCUT2D eigenvalue weighted by Gasteiger charge is -2.10. The van der Waals surface area contributed by atoms with E-state index in [9.17, 15) is 4.79 Å². The van der Waals surface area contributed by atoms with Gasteiger partial charge in [0.25, 0.3) is 5.91 Å². The van der Waals surface area contributed by atoms with Crippen LogP contribution in [-0.2, 0) is 9.53 Å². The Morgan fingerprint density at radius 3 is 3.00 bits per heavy atom. The van der Waals surface area contributed by atoms with Crippen molar-refractivity contribution in [1.82, 2.24) is 0 Å². The summed E-state index contributed by atoms with van der Waals surface area (Å²) in [7, 11) is 0. The molecule has 1 aromatic carbocycles. The molecule has 0 radical (unpaired) electrons. The van der Waals surface area contributed by atoms with Crippen LogP contribution in [0.25, 0.3) is 0 Å². The minimum Gasteiger partial charge on any atom is -0.368 e. The van der Waals surface area contributed by atoms with Crippen molar-refractivity contribution in [1.29, 1.82) is 0 Å². The molecular weight excluding hydrogens is 293 g/mol. The van der Waals surface area contributed by atoms with Crippen LogP contribution in [0, 0.1) is 0 Å². The largest absolute Gasteiger partial charge is 0.368 e. The summed E-state index contributed by atoms with van der Waals surface area (Å²) in [6.07, 6.45) is 1.43. The van der Waals surface area contributed by atoms with E-state index in [4.69, 9.17) is 16.3 Å². The van der Waals surface area contributed by atoms with Crippen LogP contribution in [0.5, 0.6) is 0 Å². The molecule has 1 saturated heterocycles. The van der Waals surface area contributed by atoms with E-state index in [1.807, 2.05) is 0 Å². The summed E-state index contributed by atoms with van der Waals surface area (Å²) in [6, 6.07) is 5.27. The number of halogens is 2. The van der Waals surface area contributed by atoms with Crippen molar-refractivity contribution in [2.45, 2.75) is 18.9 Å². The summed E-state index contributed by atoms with van der Waals surface area (Å²) >= 11 is 9.17. The molecule has 1 amide bonds.